The molecular weight excluding hydrogens is 302 g/mol. The molecule has 0 aliphatic carbocycles. The molecule has 2 rings (SSSR count). The highest BCUT2D eigenvalue weighted by Gasteiger charge is 2.16. The quantitative estimate of drug-likeness (QED) is 0.900. The zero-order chi connectivity index (χ0) is 14.8. The van der Waals surface area contributed by atoms with Crippen LogP contribution < -0.4 is 10.3 Å². The SMILES string of the molecule is N#Cc1ccc(NS(=O)(=O)c2ccc(=O)[nH]c2)c(Cl)c1. The fraction of sp³-hybridized carbons (Fsp3) is 0. The third kappa shape index (κ3) is 2.99. The minimum Gasteiger partial charge on any atom is -0.328 e. The maximum absolute atomic E-state index is 12.1. The van der Waals surface area contributed by atoms with E-state index in [9.17, 15) is 13.2 Å². The van der Waals surface area contributed by atoms with Crippen molar-refractivity contribution in [1.82, 2.24) is 4.98 Å². The van der Waals surface area contributed by atoms with Gasteiger partial charge in [0, 0.05) is 12.3 Å². The number of aromatic nitrogens is 1. The second-order valence-corrected chi connectivity index (χ2v) is 5.89. The topological polar surface area (TPSA) is 103 Å². The molecule has 1 aromatic carbocycles. The van der Waals surface area contributed by atoms with Crippen molar-refractivity contribution in [2.45, 2.75) is 4.90 Å². The van der Waals surface area contributed by atoms with Gasteiger partial charge >= 0.3 is 0 Å². The van der Waals surface area contributed by atoms with Crippen LogP contribution in [0.25, 0.3) is 0 Å². The normalized spacial score (nSPS) is 10.8. The van der Waals surface area contributed by atoms with Crippen molar-refractivity contribution in [2.75, 3.05) is 4.72 Å². The van der Waals surface area contributed by atoms with Crippen molar-refractivity contribution >= 4 is 27.3 Å². The van der Waals surface area contributed by atoms with Crippen molar-refractivity contribution in [3.63, 3.8) is 0 Å². The van der Waals surface area contributed by atoms with E-state index >= 15 is 0 Å². The maximum Gasteiger partial charge on any atom is 0.263 e. The molecule has 1 heterocycles. The number of anilines is 1. The first-order valence-corrected chi connectivity index (χ1v) is 7.20. The predicted molar refractivity (Wildman–Crippen MR) is 74.0 cm³/mol. The van der Waals surface area contributed by atoms with Gasteiger partial charge in [-0.1, -0.05) is 11.6 Å². The van der Waals surface area contributed by atoms with Crippen LogP contribution in [0.15, 0.2) is 46.2 Å². The van der Waals surface area contributed by atoms with E-state index in [1.54, 1.807) is 0 Å². The number of sulfonamides is 1. The fourth-order valence-electron chi connectivity index (χ4n) is 1.43. The molecule has 2 N–H and O–H groups in total. The zero-order valence-corrected chi connectivity index (χ0v) is 11.5. The lowest BCUT2D eigenvalue weighted by Gasteiger charge is -2.09. The van der Waals surface area contributed by atoms with Crippen LogP contribution >= 0.6 is 11.6 Å². The number of hydrogen-bond donors (Lipinski definition) is 2. The standard InChI is InChI=1S/C12H8ClN3O3S/c13-10-5-8(6-14)1-3-11(10)16-20(18,19)9-2-4-12(17)15-7-9/h1-5,7,16H,(H,15,17). The van der Waals surface area contributed by atoms with Gasteiger partial charge in [0.2, 0.25) is 5.56 Å². The summed E-state index contributed by atoms with van der Waals surface area (Å²) < 4.78 is 26.4. The Morgan fingerprint density at radius 3 is 2.55 bits per heavy atom. The first kappa shape index (κ1) is 14.1. The summed E-state index contributed by atoms with van der Waals surface area (Å²) >= 11 is 5.89. The van der Waals surface area contributed by atoms with Gasteiger partial charge in [0.1, 0.15) is 4.90 Å². The van der Waals surface area contributed by atoms with Crippen LogP contribution in [0.3, 0.4) is 0 Å². The highest BCUT2D eigenvalue weighted by molar-refractivity contribution is 7.92. The molecule has 2 aromatic rings. The molecule has 0 spiro atoms. The second-order valence-electron chi connectivity index (χ2n) is 3.80. The van der Waals surface area contributed by atoms with Gasteiger partial charge in [-0.2, -0.15) is 5.26 Å². The van der Waals surface area contributed by atoms with Crippen molar-refractivity contribution in [3.05, 3.63) is 57.5 Å². The van der Waals surface area contributed by atoms with Crippen molar-refractivity contribution in [1.29, 1.82) is 5.26 Å². The zero-order valence-electron chi connectivity index (χ0n) is 9.92. The Labute approximate surface area is 119 Å². The number of halogens is 1. The van der Waals surface area contributed by atoms with E-state index in [0.29, 0.717) is 5.56 Å². The number of benzene rings is 1. The third-order valence-corrected chi connectivity index (χ3v) is 4.08. The average Bonchev–Trinajstić information content (AvgIpc) is 2.41. The van der Waals surface area contributed by atoms with E-state index < -0.39 is 15.6 Å². The monoisotopic (exact) mass is 309 g/mol. The lowest BCUT2D eigenvalue weighted by atomic mass is 10.2. The number of H-pyrrole nitrogens is 1. The van der Waals surface area contributed by atoms with Gasteiger partial charge in [0.15, 0.2) is 0 Å². The van der Waals surface area contributed by atoms with Crippen molar-refractivity contribution in [2.24, 2.45) is 0 Å². The highest BCUT2D eigenvalue weighted by atomic mass is 35.5. The molecule has 0 fully saturated rings. The van der Waals surface area contributed by atoms with Crippen LogP contribution in [0.4, 0.5) is 5.69 Å². The van der Waals surface area contributed by atoms with E-state index in [4.69, 9.17) is 16.9 Å². The average molecular weight is 310 g/mol. The Hall–Kier alpha value is -2.30. The van der Waals surface area contributed by atoms with E-state index in [1.165, 1.54) is 24.3 Å². The molecule has 0 atom stereocenters. The van der Waals surface area contributed by atoms with Gasteiger partial charge in [0.25, 0.3) is 10.0 Å². The van der Waals surface area contributed by atoms with E-state index in [-0.39, 0.29) is 15.6 Å². The van der Waals surface area contributed by atoms with Crippen LogP contribution in [-0.4, -0.2) is 13.4 Å². The van der Waals surface area contributed by atoms with Crippen LogP contribution in [0, 0.1) is 11.3 Å². The lowest BCUT2D eigenvalue weighted by molar-refractivity contribution is 0.600. The summed E-state index contributed by atoms with van der Waals surface area (Å²) in [5, 5.41) is 8.82. The second kappa shape index (κ2) is 5.36. The van der Waals surface area contributed by atoms with E-state index in [0.717, 1.165) is 12.3 Å². The summed E-state index contributed by atoms with van der Waals surface area (Å²) in [6.07, 6.45) is 1.09. The molecule has 8 heteroatoms. The smallest absolute Gasteiger partial charge is 0.263 e. The Bertz CT molecular complexity index is 832. The highest BCUT2D eigenvalue weighted by Crippen LogP contribution is 2.25. The number of rotatable bonds is 3. The summed E-state index contributed by atoms with van der Waals surface area (Å²) in [6.45, 7) is 0. The summed E-state index contributed by atoms with van der Waals surface area (Å²) in [6, 6.07) is 8.37. The maximum atomic E-state index is 12.1. The largest absolute Gasteiger partial charge is 0.328 e. The number of aromatic amines is 1. The fourth-order valence-corrected chi connectivity index (χ4v) is 2.77. The molecular formula is C12H8ClN3O3S. The number of nitrogens with one attached hydrogen (secondary N) is 2. The summed E-state index contributed by atoms with van der Waals surface area (Å²) in [7, 11) is -3.86. The van der Waals surface area contributed by atoms with Gasteiger partial charge in [-0.25, -0.2) is 8.42 Å². The Kier molecular flexibility index (Phi) is 3.79. The Morgan fingerprint density at radius 1 is 1.25 bits per heavy atom. The summed E-state index contributed by atoms with van der Waals surface area (Å²) in [5.41, 5.74) is 0.0687. The van der Waals surface area contributed by atoms with Gasteiger partial charge in [-0.15, -0.1) is 0 Å². The number of hydrogen-bond acceptors (Lipinski definition) is 4. The van der Waals surface area contributed by atoms with Crippen molar-refractivity contribution in [3.8, 4) is 6.07 Å². The van der Waals surface area contributed by atoms with Crippen LogP contribution in [-0.2, 0) is 10.0 Å². The molecule has 0 aliphatic rings. The Morgan fingerprint density at radius 2 is 2.00 bits per heavy atom. The van der Waals surface area contributed by atoms with Crippen LogP contribution in [0.1, 0.15) is 5.56 Å². The molecule has 0 unspecified atom stereocenters. The minimum atomic E-state index is -3.86. The number of pyridine rings is 1. The van der Waals surface area contributed by atoms with Crippen LogP contribution in [0.2, 0.25) is 5.02 Å². The Balaban J connectivity index is 2.36. The predicted octanol–water partition coefficient (Wildman–Crippen LogP) is 1.70. The van der Waals surface area contributed by atoms with Gasteiger partial charge in [-0.05, 0) is 24.3 Å². The van der Waals surface area contributed by atoms with E-state index in [2.05, 4.69) is 9.71 Å². The summed E-state index contributed by atoms with van der Waals surface area (Å²) in [4.78, 5) is 13.1. The summed E-state index contributed by atoms with van der Waals surface area (Å²) in [5.74, 6) is 0. The van der Waals surface area contributed by atoms with Crippen LogP contribution in [0.5, 0.6) is 0 Å². The van der Waals surface area contributed by atoms with Gasteiger partial charge in [0.05, 0.1) is 22.3 Å². The minimum absolute atomic E-state index is 0.0995. The molecule has 0 radical (unpaired) electrons. The number of nitriles is 1. The molecule has 0 saturated carbocycles. The molecule has 20 heavy (non-hydrogen) atoms. The molecule has 102 valence electrons. The first-order chi connectivity index (χ1) is 9.42. The molecule has 6 nitrogen and oxygen atoms in total. The molecule has 0 saturated heterocycles. The van der Waals surface area contributed by atoms with Crippen molar-refractivity contribution < 1.29 is 8.42 Å². The first-order valence-electron chi connectivity index (χ1n) is 5.33. The third-order valence-electron chi connectivity index (χ3n) is 2.41. The molecule has 0 amide bonds. The molecule has 0 bridgehead atoms. The van der Waals surface area contributed by atoms with Gasteiger partial charge in [-0.3, -0.25) is 9.52 Å². The molecule has 1 aromatic heterocycles. The van der Waals surface area contributed by atoms with Gasteiger partial charge < -0.3 is 4.98 Å². The lowest BCUT2D eigenvalue weighted by Crippen LogP contribution is -2.15. The molecule has 0 aliphatic heterocycles. The van der Waals surface area contributed by atoms with E-state index in [1.807, 2.05) is 6.07 Å². The number of nitrogens with zero attached hydrogens (tertiary/aromatic N) is 1.